The van der Waals surface area contributed by atoms with Gasteiger partial charge < -0.3 is 18.8 Å². The van der Waals surface area contributed by atoms with Crippen LogP contribution in [0, 0.1) is 0 Å². The minimum atomic E-state index is -0.367. The van der Waals surface area contributed by atoms with Crippen molar-refractivity contribution in [3.8, 4) is 22.1 Å². The number of hydrogen-bond acceptors (Lipinski definition) is 6. The van der Waals surface area contributed by atoms with Crippen LogP contribution in [0.3, 0.4) is 0 Å². The molecule has 0 fully saturated rings. The third kappa shape index (κ3) is 3.66. The summed E-state index contributed by atoms with van der Waals surface area (Å²) in [6.07, 6.45) is 1.80. The fraction of sp³-hybridized carbons (Fsp3) is 0.222. The number of aryl methyl sites for hydroxylation is 1. The fourth-order valence-electron chi connectivity index (χ4n) is 2.36. The molecule has 25 heavy (non-hydrogen) atoms. The highest BCUT2D eigenvalue weighted by Gasteiger charge is 2.13. The maximum absolute atomic E-state index is 12.0. The maximum Gasteiger partial charge on any atom is 0.355 e. The number of nitrogens with zero attached hydrogens (tertiary/aromatic N) is 2. The summed E-state index contributed by atoms with van der Waals surface area (Å²) in [7, 11) is 4.99. The van der Waals surface area contributed by atoms with Crippen LogP contribution in [0.4, 0.5) is 0 Å². The predicted molar refractivity (Wildman–Crippen MR) is 95.2 cm³/mol. The van der Waals surface area contributed by atoms with E-state index >= 15 is 0 Å². The lowest BCUT2D eigenvalue weighted by molar-refractivity contribution is 0.0457. The normalized spacial score (nSPS) is 10.5. The lowest BCUT2D eigenvalue weighted by Gasteiger charge is -2.08. The lowest BCUT2D eigenvalue weighted by atomic mass is 10.2. The van der Waals surface area contributed by atoms with Crippen molar-refractivity contribution in [3.05, 3.63) is 53.3 Å². The van der Waals surface area contributed by atoms with Crippen LogP contribution in [0.2, 0.25) is 0 Å². The number of hydrogen-bond donors (Lipinski definition) is 0. The van der Waals surface area contributed by atoms with Gasteiger partial charge in [-0.25, -0.2) is 9.78 Å². The van der Waals surface area contributed by atoms with Crippen molar-refractivity contribution in [1.82, 2.24) is 9.55 Å². The number of ether oxygens (including phenoxy) is 3. The predicted octanol–water partition coefficient (Wildman–Crippen LogP) is 3.52. The molecule has 0 bridgehead atoms. The Kier molecular flexibility index (Phi) is 5.04. The Morgan fingerprint density at radius 2 is 2.00 bits per heavy atom. The third-order valence-electron chi connectivity index (χ3n) is 3.69. The molecule has 0 spiro atoms. The Bertz CT molecular complexity index is 885. The molecule has 130 valence electrons. The van der Waals surface area contributed by atoms with E-state index in [1.165, 1.54) is 11.3 Å². The molecule has 6 nitrogen and oxygen atoms in total. The van der Waals surface area contributed by atoms with E-state index in [-0.39, 0.29) is 12.6 Å². The minimum Gasteiger partial charge on any atom is -0.493 e. The SMILES string of the molecule is COc1ccc(-c2nc(COC(=O)c3cccn3C)cs2)cc1OC. The van der Waals surface area contributed by atoms with Gasteiger partial charge in [-0.1, -0.05) is 0 Å². The van der Waals surface area contributed by atoms with E-state index in [2.05, 4.69) is 4.98 Å². The monoisotopic (exact) mass is 358 g/mol. The number of esters is 1. The van der Waals surface area contributed by atoms with E-state index in [1.54, 1.807) is 44.2 Å². The molecule has 7 heteroatoms. The fourth-order valence-corrected chi connectivity index (χ4v) is 3.16. The second-order valence-electron chi connectivity index (χ2n) is 5.29. The molecule has 0 aliphatic carbocycles. The minimum absolute atomic E-state index is 0.133. The molecular formula is C18H18N2O4S. The summed E-state index contributed by atoms with van der Waals surface area (Å²) in [5, 5.41) is 2.70. The number of aromatic nitrogens is 2. The molecule has 0 saturated carbocycles. The van der Waals surface area contributed by atoms with E-state index in [9.17, 15) is 4.79 Å². The zero-order chi connectivity index (χ0) is 17.8. The summed E-state index contributed by atoms with van der Waals surface area (Å²) >= 11 is 1.48. The molecule has 0 aliphatic rings. The average Bonchev–Trinajstić information content (AvgIpc) is 3.28. The first-order valence-electron chi connectivity index (χ1n) is 7.57. The van der Waals surface area contributed by atoms with Crippen LogP contribution in [0.1, 0.15) is 16.2 Å². The molecule has 2 aromatic heterocycles. The van der Waals surface area contributed by atoms with E-state index in [4.69, 9.17) is 14.2 Å². The van der Waals surface area contributed by atoms with Crippen LogP contribution >= 0.6 is 11.3 Å². The number of benzene rings is 1. The van der Waals surface area contributed by atoms with Gasteiger partial charge in [-0.3, -0.25) is 0 Å². The molecule has 1 aromatic carbocycles. The van der Waals surface area contributed by atoms with Gasteiger partial charge in [0.25, 0.3) is 0 Å². The van der Waals surface area contributed by atoms with Crippen molar-refractivity contribution < 1.29 is 19.0 Å². The summed E-state index contributed by atoms with van der Waals surface area (Å²) in [5.41, 5.74) is 2.13. The smallest absolute Gasteiger partial charge is 0.355 e. The molecule has 0 radical (unpaired) electrons. The number of carbonyl (C=O) groups is 1. The Balaban J connectivity index is 1.70. The number of methoxy groups -OCH3 is 2. The van der Waals surface area contributed by atoms with Crippen molar-refractivity contribution in [2.24, 2.45) is 7.05 Å². The molecule has 0 unspecified atom stereocenters. The van der Waals surface area contributed by atoms with Gasteiger partial charge in [0.2, 0.25) is 0 Å². The van der Waals surface area contributed by atoms with Gasteiger partial charge in [-0.15, -0.1) is 11.3 Å². The molecule has 3 rings (SSSR count). The zero-order valence-corrected chi connectivity index (χ0v) is 15.0. The quantitative estimate of drug-likeness (QED) is 0.631. The first-order chi connectivity index (χ1) is 12.1. The summed E-state index contributed by atoms with van der Waals surface area (Å²) < 4.78 is 17.6. The summed E-state index contributed by atoms with van der Waals surface area (Å²) in [5.74, 6) is 0.944. The molecule has 3 aromatic rings. The van der Waals surface area contributed by atoms with Gasteiger partial charge in [0, 0.05) is 24.2 Å². The highest BCUT2D eigenvalue weighted by Crippen LogP contribution is 2.33. The first-order valence-corrected chi connectivity index (χ1v) is 8.45. The van der Waals surface area contributed by atoms with Crippen LogP contribution in [0.25, 0.3) is 10.6 Å². The van der Waals surface area contributed by atoms with Crippen LogP contribution in [0.5, 0.6) is 11.5 Å². The van der Waals surface area contributed by atoms with Crippen LogP contribution in [-0.4, -0.2) is 29.7 Å². The zero-order valence-electron chi connectivity index (χ0n) is 14.2. The van der Waals surface area contributed by atoms with Gasteiger partial charge in [-0.05, 0) is 30.3 Å². The van der Waals surface area contributed by atoms with E-state index in [0.717, 1.165) is 10.6 Å². The maximum atomic E-state index is 12.0. The second kappa shape index (κ2) is 7.40. The topological polar surface area (TPSA) is 62.6 Å². The summed E-state index contributed by atoms with van der Waals surface area (Å²) in [4.78, 5) is 16.6. The first kappa shape index (κ1) is 17.0. The van der Waals surface area contributed by atoms with E-state index < -0.39 is 0 Å². The lowest BCUT2D eigenvalue weighted by Crippen LogP contribution is -2.09. The molecule has 0 atom stereocenters. The molecule has 2 heterocycles. The molecule has 0 N–H and O–H groups in total. The van der Waals surface area contributed by atoms with Crippen molar-refractivity contribution in [2.75, 3.05) is 14.2 Å². The van der Waals surface area contributed by atoms with Crippen molar-refractivity contribution in [1.29, 1.82) is 0 Å². The number of thiazole rings is 1. The molecule has 0 aliphatic heterocycles. The third-order valence-corrected chi connectivity index (χ3v) is 4.63. The molecule has 0 amide bonds. The van der Waals surface area contributed by atoms with Crippen molar-refractivity contribution in [3.63, 3.8) is 0 Å². The van der Waals surface area contributed by atoms with Crippen molar-refractivity contribution >= 4 is 17.3 Å². The standard InChI is InChI=1S/C18H18N2O4S/c1-20-8-4-5-14(20)18(21)24-10-13-11-25-17(19-13)12-6-7-15(22-2)16(9-12)23-3/h4-9,11H,10H2,1-3H3. The summed E-state index contributed by atoms with van der Waals surface area (Å²) in [6, 6.07) is 9.15. The van der Waals surface area contributed by atoms with E-state index in [0.29, 0.717) is 22.9 Å². The van der Waals surface area contributed by atoms with Gasteiger partial charge in [0.1, 0.15) is 17.3 Å². The summed E-state index contributed by atoms with van der Waals surface area (Å²) in [6.45, 7) is 0.133. The van der Waals surface area contributed by atoms with Gasteiger partial charge >= 0.3 is 5.97 Å². The number of carbonyl (C=O) groups excluding carboxylic acids is 1. The van der Waals surface area contributed by atoms with Gasteiger partial charge in [0.05, 0.1) is 19.9 Å². The Morgan fingerprint density at radius 3 is 2.68 bits per heavy atom. The highest BCUT2D eigenvalue weighted by molar-refractivity contribution is 7.13. The molecular weight excluding hydrogens is 340 g/mol. The van der Waals surface area contributed by atoms with Crippen molar-refractivity contribution in [2.45, 2.75) is 6.61 Å². The van der Waals surface area contributed by atoms with Crippen LogP contribution in [-0.2, 0) is 18.4 Å². The number of rotatable bonds is 6. The average molecular weight is 358 g/mol. The second-order valence-corrected chi connectivity index (χ2v) is 6.15. The largest absolute Gasteiger partial charge is 0.493 e. The Morgan fingerprint density at radius 1 is 1.20 bits per heavy atom. The van der Waals surface area contributed by atoms with Gasteiger partial charge in [0.15, 0.2) is 11.5 Å². The van der Waals surface area contributed by atoms with Gasteiger partial charge in [-0.2, -0.15) is 0 Å². The Labute approximate surface area is 149 Å². The van der Waals surface area contributed by atoms with Crippen LogP contribution < -0.4 is 9.47 Å². The Hall–Kier alpha value is -2.80. The van der Waals surface area contributed by atoms with Crippen LogP contribution in [0.15, 0.2) is 41.9 Å². The van der Waals surface area contributed by atoms with E-state index in [1.807, 2.05) is 23.6 Å². The highest BCUT2D eigenvalue weighted by atomic mass is 32.1. The molecule has 0 saturated heterocycles.